The van der Waals surface area contributed by atoms with Crippen LogP contribution in [0.5, 0.6) is 5.75 Å². The van der Waals surface area contributed by atoms with Gasteiger partial charge >= 0.3 is 6.09 Å². The molecule has 5 rings (SSSR count). The second-order valence-corrected chi connectivity index (χ2v) is 11.0. The normalized spacial score (nSPS) is 13.2. The average Bonchev–Trinajstić information content (AvgIpc) is 3.60. The number of pyridine rings is 1. The number of carbonyl (C=O) groups is 1. The number of hydrogen-bond acceptors (Lipinski definition) is 6. The maximum absolute atomic E-state index is 12.6. The molecule has 0 unspecified atom stereocenters. The third kappa shape index (κ3) is 5.61. The number of hydrogen-bond donors (Lipinski definition) is 2. The topological polar surface area (TPSA) is 122 Å². The van der Waals surface area contributed by atoms with E-state index in [2.05, 4.69) is 21.5 Å². The summed E-state index contributed by atoms with van der Waals surface area (Å²) in [7, 11) is 1.80. The number of benzene rings is 2. The van der Waals surface area contributed by atoms with Crippen molar-refractivity contribution >= 4 is 28.5 Å². The number of carbonyl (C=O) groups excluding carboxylic acids is 1. The Morgan fingerprint density at radius 3 is 2.69 bits per heavy atom. The van der Waals surface area contributed by atoms with E-state index < -0.39 is 11.7 Å². The van der Waals surface area contributed by atoms with Crippen molar-refractivity contribution in [2.45, 2.75) is 51.9 Å². The van der Waals surface area contributed by atoms with E-state index in [1.165, 1.54) is 0 Å². The Kier molecular flexibility index (Phi) is 6.83. The molecule has 10 heteroatoms. The number of H-pyrrole nitrogens is 1. The Morgan fingerprint density at radius 2 is 2.00 bits per heavy atom. The molecule has 1 fully saturated rings. The summed E-state index contributed by atoms with van der Waals surface area (Å²) in [4.78, 5) is 27.6. The number of nitrogens with one attached hydrogen (secondary N) is 2. The lowest BCUT2D eigenvalue weighted by atomic mass is 9.95. The Bertz CT molecular complexity index is 1690. The zero-order valence-corrected chi connectivity index (χ0v) is 22.8. The van der Waals surface area contributed by atoms with Gasteiger partial charge in [0.1, 0.15) is 23.0 Å². The monoisotopic (exact) mass is 545 g/mol. The molecule has 39 heavy (non-hydrogen) atoms. The van der Waals surface area contributed by atoms with Crippen LogP contribution in [0.15, 0.2) is 47.5 Å². The van der Waals surface area contributed by atoms with Gasteiger partial charge in [0.15, 0.2) is 0 Å². The molecule has 2 aromatic heterocycles. The summed E-state index contributed by atoms with van der Waals surface area (Å²) < 4.78 is 13.0. The van der Waals surface area contributed by atoms with E-state index in [-0.39, 0.29) is 18.2 Å². The van der Waals surface area contributed by atoms with E-state index in [1.54, 1.807) is 63.1 Å². The number of aromatic nitrogens is 3. The van der Waals surface area contributed by atoms with Crippen LogP contribution in [0.3, 0.4) is 0 Å². The van der Waals surface area contributed by atoms with Gasteiger partial charge in [-0.25, -0.2) is 4.79 Å². The van der Waals surface area contributed by atoms with E-state index in [4.69, 9.17) is 21.1 Å². The molecule has 2 heterocycles. The number of nitrogens with zero attached hydrogens (tertiary/aromatic N) is 3. The van der Waals surface area contributed by atoms with Crippen LogP contribution in [0.1, 0.15) is 44.7 Å². The van der Waals surface area contributed by atoms with Gasteiger partial charge in [-0.2, -0.15) is 10.4 Å². The summed E-state index contributed by atoms with van der Waals surface area (Å²) in [6.07, 6.45) is 4.74. The number of ether oxygens (including phenoxy) is 2. The molecule has 9 nitrogen and oxygen atoms in total. The molecule has 0 atom stereocenters. The van der Waals surface area contributed by atoms with E-state index in [0.717, 1.165) is 24.0 Å². The lowest BCUT2D eigenvalue weighted by Gasteiger charge is -2.20. The van der Waals surface area contributed by atoms with Crippen molar-refractivity contribution in [3.63, 3.8) is 0 Å². The summed E-state index contributed by atoms with van der Waals surface area (Å²) >= 11 is 6.47. The highest BCUT2D eigenvalue weighted by Crippen LogP contribution is 2.41. The predicted octanol–water partition coefficient (Wildman–Crippen LogP) is 5.69. The van der Waals surface area contributed by atoms with E-state index >= 15 is 0 Å². The van der Waals surface area contributed by atoms with E-state index in [9.17, 15) is 14.9 Å². The summed E-state index contributed by atoms with van der Waals surface area (Å²) in [5, 5.41) is 18.9. The Morgan fingerprint density at radius 1 is 1.23 bits per heavy atom. The molecule has 0 saturated heterocycles. The third-order valence-corrected chi connectivity index (χ3v) is 6.53. The zero-order valence-electron chi connectivity index (χ0n) is 22.1. The van der Waals surface area contributed by atoms with Gasteiger partial charge in [-0.05, 0) is 68.3 Å². The number of nitriles is 1. The van der Waals surface area contributed by atoms with Crippen molar-refractivity contribution in [1.82, 2.24) is 20.1 Å². The molecule has 2 N–H and O–H groups in total. The minimum Gasteiger partial charge on any atom is -0.489 e. The van der Waals surface area contributed by atoms with Crippen molar-refractivity contribution < 1.29 is 14.3 Å². The molecule has 1 aliphatic rings. The summed E-state index contributed by atoms with van der Waals surface area (Å²) in [6, 6.07) is 11.2. The Balaban J connectivity index is 1.58. The van der Waals surface area contributed by atoms with Crippen molar-refractivity contribution in [1.29, 1.82) is 5.26 Å². The maximum atomic E-state index is 12.6. The fourth-order valence-electron chi connectivity index (χ4n) is 4.42. The van der Waals surface area contributed by atoms with Gasteiger partial charge in [0, 0.05) is 47.4 Å². The molecule has 0 spiro atoms. The molecule has 200 valence electrons. The number of aryl methyl sites for hydroxylation is 1. The standard InChI is InChI=1S/C29H28ClN5O4/c1-29(2,3)39-28(37)33-14-17-13-32-27(36)20-8-5-16(9-21(17)20)24-15-34-35(4)26(24)22-10-18(30)11-25(23(22)12-31)38-19-6-7-19/h5,8-11,13,15,19H,6-7,14H2,1-4H3,(H,32,36)(H,33,37). The van der Waals surface area contributed by atoms with Gasteiger partial charge in [-0.1, -0.05) is 17.7 Å². The lowest BCUT2D eigenvalue weighted by Crippen LogP contribution is -2.32. The highest BCUT2D eigenvalue weighted by molar-refractivity contribution is 6.31. The van der Waals surface area contributed by atoms with Gasteiger partial charge in [-0.15, -0.1) is 0 Å². The number of fused-ring (bicyclic) bond motifs is 1. The van der Waals surface area contributed by atoms with Gasteiger partial charge in [0.2, 0.25) is 0 Å². The van der Waals surface area contributed by atoms with Gasteiger partial charge < -0.3 is 19.8 Å². The first-order valence-corrected chi connectivity index (χ1v) is 13.0. The molecular formula is C29H28ClN5O4. The minimum atomic E-state index is -0.632. The predicted molar refractivity (Wildman–Crippen MR) is 149 cm³/mol. The Hall–Kier alpha value is -4.29. The van der Waals surface area contributed by atoms with Crippen LogP contribution in [0.25, 0.3) is 33.2 Å². The van der Waals surface area contributed by atoms with Crippen LogP contribution < -0.4 is 15.6 Å². The van der Waals surface area contributed by atoms with Crippen molar-refractivity contribution in [3.05, 3.63) is 69.2 Å². The van der Waals surface area contributed by atoms with E-state index in [0.29, 0.717) is 43.9 Å². The molecule has 1 saturated carbocycles. The zero-order chi connectivity index (χ0) is 27.9. The Labute approximate surface area is 230 Å². The largest absolute Gasteiger partial charge is 0.489 e. The molecule has 4 aromatic rings. The summed E-state index contributed by atoms with van der Waals surface area (Å²) in [5.74, 6) is 0.454. The molecule has 1 amide bonds. The van der Waals surface area contributed by atoms with Gasteiger partial charge in [0.05, 0.1) is 18.0 Å². The highest BCUT2D eigenvalue weighted by Gasteiger charge is 2.27. The van der Waals surface area contributed by atoms with Crippen LogP contribution in [-0.2, 0) is 18.3 Å². The van der Waals surface area contributed by atoms with Crippen molar-refractivity contribution in [3.8, 4) is 34.2 Å². The number of halogens is 1. The summed E-state index contributed by atoms with van der Waals surface area (Å²) in [5.41, 5.74) is 3.05. The number of amides is 1. The number of aromatic amines is 1. The fraction of sp³-hybridized carbons (Fsp3) is 0.310. The van der Waals surface area contributed by atoms with Crippen LogP contribution in [-0.4, -0.2) is 32.6 Å². The first kappa shape index (κ1) is 26.3. The summed E-state index contributed by atoms with van der Waals surface area (Å²) in [6.45, 7) is 5.52. The lowest BCUT2D eigenvalue weighted by molar-refractivity contribution is 0.0523. The quantitative estimate of drug-likeness (QED) is 0.321. The number of rotatable bonds is 6. The molecule has 2 aromatic carbocycles. The molecular weight excluding hydrogens is 518 g/mol. The molecule has 0 bridgehead atoms. The minimum absolute atomic E-state index is 0.0979. The smallest absolute Gasteiger partial charge is 0.407 e. The first-order chi connectivity index (χ1) is 18.5. The highest BCUT2D eigenvalue weighted by atomic mass is 35.5. The van der Waals surface area contributed by atoms with Gasteiger partial charge in [-0.3, -0.25) is 9.48 Å². The maximum Gasteiger partial charge on any atom is 0.407 e. The first-order valence-electron chi connectivity index (χ1n) is 12.6. The molecule has 1 aliphatic carbocycles. The average molecular weight is 546 g/mol. The second kappa shape index (κ2) is 10.1. The SMILES string of the molecule is Cn1ncc(-c2ccc3c(=O)[nH]cc(CNC(=O)OC(C)(C)C)c3c2)c1-c1cc(Cl)cc(OC2CC2)c1C#N. The van der Waals surface area contributed by atoms with Crippen molar-refractivity contribution in [2.24, 2.45) is 7.05 Å². The van der Waals surface area contributed by atoms with Crippen LogP contribution in [0.4, 0.5) is 4.79 Å². The molecule has 0 aliphatic heterocycles. The number of alkyl carbamates (subject to hydrolysis) is 1. The second-order valence-electron chi connectivity index (χ2n) is 10.5. The fourth-order valence-corrected chi connectivity index (χ4v) is 4.63. The van der Waals surface area contributed by atoms with Crippen LogP contribution in [0, 0.1) is 11.3 Å². The van der Waals surface area contributed by atoms with Crippen LogP contribution >= 0.6 is 11.6 Å². The van der Waals surface area contributed by atoms with E-state index in [1.807, 2.05) is 12.1 Å². The van der Waals surface area contributed by atoms with Crippen LogP contribution in [0.2, 0.25) is 5.02 Å². The third-order valence-electron chi connectivity index (χ3n) is 6.31. The molecule has 0 radical (unpaired) electrons. The van der Waals surface area contributed by atoms with Gasteiger partial charge in [0.25, 0.3) is 5.56 Å². The van der Waals surface area contributed by atoms with Crippen molar-refractivity contribution in [2.75, 3.05) is 0 Å².